The Balaban J connectivity index is 2.27. The molecule has 0 radical (unpaired) electrons. The van der Waals surface area contributed by atoms with E-state index in [9.17, 15) is 4.79 Å². The molecule has 0 N–H and O–H groups in total. The lowest BCUT2D eigenvalue weighted by molar-refractivity contribution is -0.134. The molecule has 3 rings (SSSR count). The van der Waals surface area contributed by atoms with Gasteiger partial charge >= 0.3 is 6.03 Å². The van der Waals surface area contributed by atoms with Crippen molar-refractivity contribution in [3.05, 3.63) is 36.0 Å². The first-order valence-electron chi connectivity index (χ1n) is 8.19. The Kier molecular flexibility index (Phi) is 4.14. The topological polar surface area (TPSA) is 34.5 Å². The third kappa shape index (κ3) is 2.24. The van der Waals surface area contributed by atoms with Crippen LogP contribution in [0.15, 0.2) is 30.3 Å². The second-order valence-electron chi connectivity index (χ2n) is 5.80. The molecule has 1 amide bonds. The number of hydrogen-bond acceptors (Lipinski definition) is 2. The van der Waals surface area contributed by atoms with Gasteiger partial charge in [-0.15, -0.1) is 5.92 Å². The molecule has 0 bridgehead atoms. The van der Waals surface area contributed by atoms with Gasteiger partial charge in [-0.3, -0.25) is 9.40 Å². The highest BCUT2D eigenvalue weighted by Crippen LogP contribution is 2.42. The minimum Gasteiger partial charge on any atom is -0.271 e. The van der Waals surface area contributed by atoms with E-state index in [1.807, 2.05) is 31.2 Å². The second kappa shape index (κ2) is 6.10. The zero-order valence-corrected chi connectivity index (χ0v) is 13.9. The largest absolute Gasteiger partial charge is 0.354 e. The molecule has 0 spiro atoms. The lowest BCUT2D eigenvalue weighted by Gasteiger charge is -2.31. The maximum atomic E-state index is 12.9. The second-order valence-corrected chi connectivity index (χ2v) is 5.80. The van der Waals surface area contributed by atoms with Crippen molar-refractivity contribution in [2.24, 2.45) is 0 Å². The van der Waals surface area contributed by atoms with Crippen LogP contribution in [0.3, 0.4) is 0 Å². The highest BCUT2D eigenvalue weighted by atomic mass is 16.7. The van der Waals surface area contributed by atoms with Gasteiger partial charge in [0.1, 0.15) is 0 Å². The summed E-state index contributed by atoms with van der Waals surface area (Å²) in [4.78, 5) is 18.4. The van der Waals surface area contributed by atoms with E-state index >= 15 is 0 Å². The van der Waals surface area contributed by atoms with E-state index in [0.717, 1.165) is 42.3 Å². The van der Waals surface area contributed by atoms with Crippen LogP contribution >= 0.6 is 0 Å². The van der Waals surface area contributed by atoms with Gasteiger partial charge in [0.2, 0.25) is 0 Å². The molecule has 120 valence electrons. The molecule has 1 aliphatic heterocycles. The number of unbranched alkanes of at least 4 members (excludes halogenated alkanes) is 1. The van der Waals surface area contributed by atoms with Gasteiger partial charge in [-0.05, 0) is 25.0 Å². The number of benzene rings is 1. The van der Waals surface area contributed by atoms with Crippen molar-refractivity contribution in [1.29, 1.82) is 0 Å². The summed E-state index contributed by atoms with van der Waals surface area (Å²) >= 11 is 0. The zero-order chi connectivity index (χ0) is 16.4. The van der Waals surface area contributed by atoms with Crippen LogP contribution in [0, 0.1) is 11.8 Å². The normalized spacial score (nSPS) is 19.8. The molecule has 1 aliphatic rings. The Bertz CT molecular complexity index is 797. The summed E-state index contributed by atoms with van der Waals surface area (Å²) in [5.74, 6) is 6.51. The fraction of sp³-hybridized carbons (Fsp3) is 0.421. The molecule has 2 aromatic rings. The SMILES string of the molecule is CCC#CC1(CCCC)c2cc3ccccc3n2C(=O)N1OC. The van der Waals surface area contributed by atoms with E-state index in [2.05, 4.69) is 24.8 Å². The number of carbonyl (C=O) groups excluding carboxylic acids is 1. The maximum absolute atomic E-state index is 12.9. The molecular formula is C19H22N2O2. The highest BCUT2D eigenvalue weighted by molar-refractivity contribution is 5.96. The van der Waals surface area contributed by atoms with Crippen LogP contribution in [0.25, 0.3) is 10.9 Å². The Morgan fingerprint density at radius 3 is 2.74 bits per heavy atom. The van der Waals surface area contributed by atoms with E-state index in [1.165, 1.54) is 5.06 Å². The molecule has 4 nitrogen and oxygen atoms in total. The van der Waals surface area contributed by atoms with Crippen molar-refractivity contribution in [3.63, 3.8) is 0 Å². The first-order chi connectivity index (χ1) is 11.2. The van der Waals surface area contributed by atoms with Gasteiger partial charge in [-0.2, -0.15) is 5.06 Å². The molecular weight excluding hydrogens is 288 g/mol. The number of hydroxylamine groups is 2. The van der Waals surface area contributed by atoms with Gasteiger partial charge in [0.05, 0.1) is 18.3 Å². The van der Waals surface area contributed by atoms with Crippen molar-refractivity contribution < 1.29 is 9.63 Å². The van der Waals surface area contributed by atoms with Crippen molar-refractivity contribution in [3.8, 4) is 11.8 Å². The summed E-state index contributed by atoms with van der Waals surface area (Å²) in [5, 5.41) is 2.51. The third-order valence-corrected chi connectivity index (χ3v) is 4.39. The van der Waals surface area contributed by atoms with Crippen molar-refractivity contribution in [1.82, 2.24) is 9.63 Å². The lowest BCUT2D eigenvalue weighted by Crippen LogP contribution is -2.42. The highest BCUT2D eigenvalue weighted by Gasteiger charge is 2.50. The van der Waals surface area contributed by atoms with Crippen LogP contribution in [0.1, 0.15) is 45.2 Å². The number of rotatable bonds is 4. The fourth-order valence-electron chi connectivity index (χ4n) is 3.33. The standard InChI is InChI=1S/C19H22N2O2/c1-4-6-12-19(13-7-5-2)17-14-15-10-8-9-11-16(15)20(17)18(22)21(19)23-3/h8-11,14H,4-6,12H2,1-3H3. The molecule has 1 aromatic carbocycles. The summed E-state index contributed by atoms with van der Waals surface area (Å²) in [7, 11) is 1.54. The molecule has 0 saturated carbocycles. The fourth-order valence-corrected chi connectivity index (χ4v) is 3.33. The van der Waals surface area contributed by atoms with Crippen LogP contribution in [0.4, 0.5) is 4.79 Å². The third-order valence-electron chi connectivity index (χ3n) is 4.39. The van der Waals surface area contributed by atoms with E-state index < -0.39 is 5.54 Å². The molecule has 0 saturated heterocycles. The van der Waals surface area contributed by atoms with E-state index in [-0.39, 0.29) is 6.03 Å². The van der Waals surface area contributed by atoms with Crippen molar-refractivity contribution in [2.45, 2.75) is 45.1 Å². The van der Waals surface area contributed by atoms with Crippen molar-refractivity contribution in [2.75, 3.05) is 7.11 Å². The molecule has 0 fully saturated rings. The number of nitrogens with zero attached hydrogens (tertiary/aromatic N) is 2. The molecule has 4 heteroatoms. The maximum Gasteiger partial charge on any atom is 0.354 e. The minimum atomic E-state index is -0.698. The smallest absolute Gasteiger partial charge is 0.271 e. The average molecular weight is 310 g/mol. The predicted octanol–water partition coefficient (Wildman–Crippen LogP) is 4.29. The molecule has 23 heavy (non-hydrogen) atoms. The quantitative estimate of drug-likeness (QED) is 0.790. The van der Waals surface area contributed by atoms with Gasteiger partial charge in [-0.1, -0.05) is 44.4 Å². The molecule has 1 unspecified atom stereocenters. The van der Waals surface area contributed by atoms with Gasteiger partial charge in [0, 0.05) is 11.8 Å². The van der Waals surface area contributed by atoms with Crippen molar-refractivity contribution >= 4 is 16.9 Å². The molecule has 2 heterocycles. The molecule has 1 atom stereocenters. The van der Waals surface area contributed by atoms with E-state index in [1.54, 1.807) is 11.7 Å². The van der Waals surface area contributed by atoms with Crippen LogP contribution in [-0.2, 0) is 10.4 Å². The van der Waals surface area contributed by atoms with Gasteiger partial charge in [-0.25, -0.2) is 4.79 Å². The van der Waals surface area contributed by atoms with Crippen LogP contribution < -0.4 is 0 Å². The summed E-state index contributed by atoms with van der Waals surface area (Å²) < 4.78 is 1.75. The van der Waals surface area contributed by atoms with E-state index in [0.29, 0.717) is 0 Å². The summed E-state index contributed by atoms with van der Waals surface area (Å²) in [6, 6.07) is 9.85. The number of aromatic nitrogens is 1. The minimum absolute atomic E-state index is 0.162. The number of carbonyl (C=O) groups is 1. The van der Waals surface area contributed by atoms with Crippen LogP contribution in [-0.4, -0.2) is 22.8 Å². The summed E-state index contributed by atoms with van der Waals surface area (Å²) in [6.07, 6.45) is 3.54. The number of para-hydroxylation sites is 1. The average Bonchev–Trinajstić information content (AvgIpc) is 3.06. The first-order valence-corrected chi connectivity index (χ1v) is 8.19. The van der Waals surface area contributed by atoms with Gasteiger partial charge < -0.3 is 0 Å². The Morgan fingerprint density at radius 1 is 1.26 bits per heavy atom. The first kappa shape index (κ1) is 15.6. The summed E-state index contributed by atoms with van der Waals surface area (Å²) in [6.45, 7) is 4.16. The summed E-state index contributed by atoms with van der Waals surface area (Å²) in [5.41, 5.74) is 1.13. The van der Waals surface area contributed by atoms with Gasteiger partial charge in [0.25, 0.3) is 0 Å². The van der Waals surface area contributed by atoms with Crippen LogP contribution in [0.2, 0.25) is 0 Å². The van der Waals surface area contributed by atoms with Gasteiger partial charge in [0.15, 0.2) is 5.54 Å². The lowest BCUT2D eigenvalue weighted by atomic mass is 9.89. The molecule has 0 aliphatic carbocycles. The monoisotopic (exact) mass is 310 g/mol. The molecule has 1 aromatic heterocycles. The Morgan fingerprint density at radius 2 is 2.04 bits per heavy atom. The zero-order valence-electron chi connectivity index (χ0n) is 13.9. The number of hydrogen-bond donors (Lipinski definition) is 0. The Labute approximate surface area is 137 Å². The van der Waals surface area contributed by atoms with E-state index in [4.69, 9.17) is 4.84 Å². The predicted molar refractivity (Wildman–Crippen MR) is 90.9 cm³/mol. The van der Waals surface area contributed by atoms with Crippen LogP contribution in [0.5, 0.6) is 0 Å². The number of fused-ring (bicyclic) bond motifs is 3. The Hall–Kier alpha value is -2.25. The number of amides is 1.